The summed E-state index contributed by atoms with van der Waals surface area (Å²) in [4.78, 5) is 36.4. The van der Waals surface area contributed by atoms with E-state index in [9.17, 15) is 23.9 Å². The van der Waals surface area contributed by atoms with Crippen molar-refractivity contribution in [2.45, 2.75) is 25.8 Å². The van der Waals surface area contributed by atoms with Crippen LogP contribution in [0.25, 0.3) is 6.08 Å². The van der Waals surface area contributed by atoms with Crippen molar-refractivity contribution in [2.75, 3.05) is 6.54 Å². The number of nitrogens with zero attached hydrogens (tertiary/aromatic N) is 1. The predicted octanol–water partition coefficient (Wildman–Crippen LogP) is 1.38. The Morgan fingerprint density at radius 3 is 2.52 bits per heavy atom. The molecule has 0 radical (unpaired) electrons. The third-order valence-corrected chi connectivity index (χ3v) is 3.52. The zero-order valence-electron chi connectivity index (χ0n) is 12.6. The Morgan fingerprint density at radius 1 is 1.30 bits per heavy atom. The molecule has 0 saturated carbocycles. The van der Waals surface area contributed by atoms with E-state index in [4.69, 9.17) is 0 Å². The summed E-state index contributed by atoms with van der Waals surface area (Å²) in [5, 5.41) is 11.6. The second-order valence-corrected chi connectivity index (χ2v) is 5.29. The Kier molecular flexibility index (Phi) is 5.10. The number of carbonyl (C=O) groups excluding carboxylic acids is 2. The first-order valence-corrected chi connectivity index (χ1v) is 7.17. The number of halogens is 1. The topological polar surface area (TPSA) is 86.7 Å². The molecule has 1 heterocycles. The number of carboxylic acids is 1. The lowest BCUT2D eigenvalue weighted by Crippen LogP contribution is -2.44. The van der Waals surface area contributed by atoms with Crippen LogP contribution >= 0.6 is 0 Å². The van der Waals surface area contributed by atoms with Gasteiger partial charge in [-0.1, -0.05) is 12.1 Å². The lowest BCUT2D eigenvalue weighted by atomic mass is 10.1. The fraction of sp³-hybridized carbons (Fsp3) is 0.312. The van der Waals surface area contributed by atoms with E-state index in [-0.39, 0.29) is 5.70 Å². The van der Waals surface area contributed by atoms with Crippen LogP contribution in [0, 0.1) is 5.82 Å². The first-order valence-electron chi connectivity index (χ1n) is 7.17. The van der Waals surface area contributed by atoms with Gasteiger partial charge in [-0.05, 0) is 36.6 Å². The molecule has 7 heteroatoms. The number of nitrogens with one attached hydrogen (secondary N) is 1. The van der Waals surface area contributed by atoms with Gasteiger partial charge in [0.25, 0.3) is 5.91 Å². The number of amides is 2. The van der Waals surface area contributed by atoms with Crippen molar-refractivity contribution < 1.29 is 23.9 Å². The molecule has 2 N–H and O–H groups in total. The van der Waals surface area contributed by atoms with Gasteiger partial charge in [-0.3, -0.25) is 9.59 Å². The molecule has 6 nitrogen and oxygen atoms in total. The fourth-order valence-corrected chi connectivity index (χ4v) is 2.49. The number of hydrogen-bond acceptors (Lipinski definition) is 3. The Labute approximate surface area is 132 Å². The number of benzene rings is 1. The lowest BCUT2D eigenvalue weighted by molar-refractivity contribution is -0.147. The van der Waals surface area contributed by atoms with Crippen LogP contribution in [-0.2, 0) is 14.4 Å². The third-order valence-electron chi connectivity index (χ3n) is 3.52. The van der Waals surface area contributed by atoms with Crippen molar-refractivity contribution >= 4 is 23.9 Å². The maximum atomic E-state index is 12.9. The molecule has 1 aliphatic heterocycles. The molecule has 1 aromatic carbocycles. The Morgan fingerprint density at radius 2 is 1.96 bits per heavy atom. The average molecular weight is 320 g/mol. The second kappa shape index (κ2) is 7.04. The van der Waals surface area contributed by atoms with Crippen LogP contribution in [0.15, 0.2) is 30.0 Å². The summed E-state index contributed by atoms with van der Waals surface area (Å²) in [5.41, 5.74) is 0.492. The summed E-state index contributed by atoms with van der Waals surface area (Å²) < 4.78 is 12.9. The fourth-order valence-electron chi connectivity index (χ4n) is 2.49. The van der Waals surface area contributed by atoms with E-state index in [1.54, 1.807) is 0 Å². The summed E-state index contributed by atoms with van der Waals surface area (Å²) >= 11 is 0. The van der Waals surface area contributed by atoms with Crippen molar-refractivity contribution in [3.63, 3.8) is 0 Å². The molecule has 23 heavy (non-hydrogen) atoms. The third kappa shape index (κ3) is 4.15. The molecule has 122 valence electrons. The molecule has 0 unspecified atom stereocenters. The molecule has 2 rings (SSSR count). The quantitative estimate of drug-likeness (QED) is 0.821. The number of hydrogen-bond donors (Lipinski definition) is 2. The van der Waals surface area contributed by atoms with Gasteiger partial charge >= 0.3 is 5.97 Å². The first-order chi connectivity index (χ1) is 10.9. The van der Waals surface area contributed by atoms with E-state index in [2.05, 4.69) is 5.32 Å². The van der Waals surface area contributed by atoms with Crippen LogP contribution in [-0.4, -0.2) is 40.4 Å². The van der Waals surface area contributed by atoms with Crippen molar-refractivity contribution in [1.82, 2.24) is 10.2 Å². The summed E-state index contributed by atoms with van der Waals surface area (Å²) in [6, 6.07) is 4.49. The maximum absolute atomic E-state index is 12.9. The van der Waals surface area contributed by atoms with Crippen LogP contribution < -0.4 is 5.32 Å². The zero-order valence-corrected chi connectivity index (χ0v) is 12.6. The predicted molar refractivity (Wildman–Crippen MR) is 80.6 cm³/mol. The smallest absolute Gasteiger partial charge is 0.326 e. The molecule has 1 saturated heterocycles. The Balaban J connectivity index is 2.30. The highest BCUT2D eigenvalue weighted by Gasteiger charge is 2.35. The van der Waals surface area contributed by atoms with Crippen molar-refractivity contribution in [3.8, 4) is 0 Å². The molecule has 2 amide bonds. The average Bonchev–Trinajstić information content (AvgIpc) is 2.97. The summed E-state index contributed by atoms with van der Waals surface area (Å²) in [7, 11) is 0. The van der Waals surface area contributed by atoms with E-state index >= 15 is 0 Å². The number of carboxylic acid groups (broad SMARTS) is 1. The minimum atomic E-state index is -1.07. The molecule has 0 spiro atoms. The van der Waals surface area contributed by atoms with Crippen molar-refractivity contribution in [1.29, 1.82) is 0 Å². The first kappa shape index (κ1) is 16.7. The Bertz CT molecular complexity index is 655. The largest absolute Gasteiger partial charge is 0.480 e. The highest BCUT2D eigenvalue weighted by molar-refractivity contribution is 6.02. The van der Waals surface area contributed by atoms with Gasteiger partial charge in [0, 0.05) is 13.5 Å². The van der Waals surface area contributed by atoms with E-state index in [1.165, 1.54) is 42.2 Å². The molecule has 1 aromatic rings. The summed E-state index contributed by atoms with van der Waals surface area (Å²) in [5.74, 6) is -2.49. The van der Waals surface area contributed by atoms with E-state index < -0.39 is 29.6 Å². The van der Waals surface area contributed by atoms with E-state index in [1.807, 2.05) is 0 Å². The second-order valence-electron chi connectivity index (χ2n) is 5.29. The minimum Gasteiger partial charge on any atom is -0.480 e. The lowest BCUT2D eigenvalue weighted by Gasteiger charge is -2.23. The van der Waals surface area contributed by atoms with Gasteiger partial charge in [-0.25, -0.2) is 9.18 Å². The molecule has 1 fully saturated rings. The van der Waals surface area contributed by atoms with Gasteiger partial charge in [0.1, 0.15) is 17.6 Å². The van der Waals surface area contributed by atoms with Gasteiger partial charge in [-0.2, -0.15) is 0 Å². The van der Waals surface area contributed by atoms with Gasteiger partial charge in [0.2, 0.25) is 5.91 Å². The van der Waals surface area contributed by atoms with E-state index in [0.717, 1.165) is 0 Å². The number of carbonyl (C=O) groups is 3. The normalized spacial score (nSPS) is 17.9. The van der Waals surface area contributed by atoms with Crippen molar-refractivity contribution in [2.24, 2.45) is 0 Å². The van der Waals surface area contributed by atoms with Crippen LogP contribution in [0.3, 0.4) is 0 Å². The molecule has 0 aromatic heterocycles. The minimum absolute atomic E-state index is 0.0303. The molecule has 0 aliphatic carbocycles. The van der Waals surface area contributed by atoms with Crippen LogP contribution in [0.1, 0.15) is 25.3 Å². The molecule has 1 atom stereocenters. The number of likely N-dealkylation sites (tertiary alicyclic amines) is 1. The van der Waals surface area contributed by atoms with Gasteiger partial charge in [0.05, 0.1) is 0 Å². The van der Waals surface area contributed by atoms with E-state index in [0.29, 0.717) is 24.9 Å². The SMILES string of the molecule is CC(=O)NC(=Cc1ccc(F)cc1)C(=O)N1CCC[C@@H]1C(=O)O. The standard InChI is InChI=1S/C16H17FN2O4/c1-10(20)18-13(9-11-4-6-12(17)7-5-11)15(21)19-8-2-3-14(19)16(22)23/h4-7,9,14H,2-3,8H2,1H3,(H,18,20)(H,22,23)/t14-/m1/s1. The number of aliphatic carboxylic acids is 1. The molecule has 1 aliphatic rings. The van der Waals surface area contributed by atoms with Crippen LogP contribution in [0.5, 0.6) is 0 Å². The maximum Gasteiger partial charge on any atom is 0.326 e. The summed E-state index contributed by atoms with van der Waals surface area (Å²) in [6.45, 7) is 1.57. The van der Waals surface area contributed by atoms with Crippen molar-refractivity contribution in [3.05, 3.63) is 41.3 Å². The van der Waals surface area contributed by atoms with Crippen LogP contribution in [0.2, 0.25) is 0 Å². The van der Waals surface area contributed by atoms with Gasteiger partial charge < -0.3 is 15.3 Å². The summed E-state index contributed by atoms with van der Waals surface area (Å²) in [6.07, 6.45) is 2.37. The Hall–Kier alpha value is -2.70. The zero-order chi connectivity index (χ0) is 17.0. The van der Waals surface area contributed by atoms with Gasteiger partial charge in [0.15, 0.2) is 0 Å². The molecular weight excluding hydrogens is 303 g/mol. The molecule has 0 bridgehead atoms. The van der Waals surface area contributed by atoms with Crippen LogP contribution in [0.4, 0.5) is 4.39 Å². The highest BCUT2D eigenvalue weighted by atomic mass is 19.1. The molecular formula is C16H17FN2O4. The van der Waals surface area contributed by atoms with Gasteiger partial charge in [-0.15, -0.1) is 0 Å². The monoisotopic (exact) mass is 320 g/mol. The highest BCUT2D eigenvalue weighted by Crippen LogP contribution is 2.20. The number of rotatable bonds is 4.